The maximum absolute atomic E-state index is 12.5. The summed E-state index contributed by atoms with van der Waals surface area (Å²) in [7, 11) is 0. The molecule has 2 bridgehead atoms. The molecule has 3 rings (SSSR count). The molecule has 0 spiro atoms. The number of urea groups is 1. The maximum atomic E-state index is 12.5. The lowest BCUT2D eigenvalue weighted by Crippen LogP contribution is -2.48. The summed E-state index contributed by atoms with van der Waals surface area (Å²) in [5, 5.41) is 12.2. The van der Waals surface area contributed by atoms with Gasteiger partial charge in [0.05, 0.1) is 0 Å². The van der Waals surface area contributed by atoms with Gasteiger partial charge in [-0.2, -0.15) is 0 Å². The van der Waals surface area contributed by atoms with Gasteiger partial charge in [-0.05, 0) is 69.6 Å². The fourth-order valence-electron chi connectivity index (χ4n) is 4.52. The molecule has 4 heteroatoms. The molecule has 3 aliphatic carbocycles. The monoisotopic (exact) mass is 294 g/mol. The number of rotatable bonds is 7. The Bertz CT molecular complexity index is 370. The van der Waals surface area contributed by atoms with Crippen molar-refractivity contribution in [3.63, 3.8) is 0 Å². The first-order valence-corrected chi connectivity index (χ1v) is 8.87. The SMILES string of the molecule is CC(NC(=O)N(CCCCO)C1CC1)C1CC2CCC1C2. The van der Waals surface area contributed by atoms with Crippen LogP contribution in [0.15, 0.2) is 0 Å². The highest BCUT2D eigenvalue weighted by atomic mass is 16.3. The first kappa shape index (κ1) is 15.1. The quantitative estimate of drug-likeness (QED) is 0.709. The van der Waals surface area contributed by atoms with Crippen molar-refractivity contribution in [2.24, 2.45) is 17.8 Å². The van der Waals surface area contributed by atoms with Crippen LogP contribution >= 0.6 is 0 Å². The Hall–Kier alpha value is -0.770. The average Bonchev–Trinajstić information content (AvgIpc) is 3.08. The molecule has 3 saturated carbocycles. The molecule has 21 heavy (non-hydrogen) atoms. The molecule has 2 amide bonds. The minimum Gasteiger partial charge on any atom is -0.396 e. The van der Waals surface area contributed by atoms with E-state index in [0.29, 0.717) is 18.0 Å². The molecular formula is C17H30N2O2. The molecule has 4 unspecified atom stereocenters. The standard InChI is InChI=1S/C17H30N2O2/c1-12(16-11-13-4-5-14(16)10-13)18-17(21)19(15-6-7-15)8-2-3-9-20/h12-16,20H,2-11H2,1H3,(H,18,21). The Balaban J connectivity index is 1.49. The minimum absolute atomic E-state index is 0.130. The van der Waals surface area contributed by atoms with E-state index in [0.717, 1.165) is 44.1 Å². The Morgan fingerprint density at radius 3 is 2.62 bits per heavy atom. The van der Waals surface area contributed by atoms with Crippen LogP contribution in [-0.4, -0.2) is 41.3 Å². The number of aliphatic hydroxyl groups is 1. The van der Waals surface area contributed by atoms with Gasteiger partial charge in [-0.3, -0.25) is 0 Å². The van der Waals surface area contributed by atoms with Crippen molar-refractivity contribution in [2.75, 3.05) is 13.2 Å². The number of aliphatic hydroxyl groups excluding tert-OH is 1. The van der Waals surface area contributed by atoms with E-state index < -0.39 is 0 Å². The molecule has 0 aromatic carbocycles. The van der Waals surface area contributed by atoms with Gasteiger partial charge in [0.2, 0.25) is 0 Å². The fourth-order valence-corrected chi connectivity index (χ4v) is 4.52. The second kappa shape index (κ2) is 6.55. The topological polar surface area (TPSA) is 52.6 Å². The molecule has 3 aliphatic rings. The smallest absolute Gasteiger partial charge is 0.317 e. The zero-order valence-corrected chi connectivity index (χ0v) is 13.3. The van der Waals surface area contributed by atoms with Crippen molar-refractivity contribution >= 4 is 6.03 Å². The van der Waals surface area contributed by atoms with Crippen LogP contribution in [0.5, 0.6) is 0 Å². The number of nitrogens with zero attached hydrogens (tertiary/aromatic N) is 1. The van der Waals surface area contributed by atoms with Crippen LogP contribution in [0.1, 0.15) is 58.3 Å². The highest BCUT2D eigenvalue weighted by Gasteiger charge is 2.42. The van der Waals surface area contributed by atoms with Crippen LogP contribution in [-0.2, 0) is 0 Å². The molecule has 120 valence electrons. The zero-order valence-electron chi connectivity index (χ0n) is 13.3. The molecule has 0 saturated heterocycles. The molecule has 3 fully saturated rings. The molecule has 4 atom stereocenters. The van der Waals surface area contributed by atoms with E-state index >= 15 is 0 Å². The number of fused-ring (bicyclic) bond motifs is 2. The van der Waals surface area contributed by atoms with Gasteiger partial charge in [-0.25, -0.2) is 4.79 Å². The fraction of sp³-hybridized carbons (Fsp3) is 0.941. The second-order valence-corrected chi connectivity index (χ2v) is 7.43. The third-order valence-corrected chi connectivity index (χ3v) is 5.84. The van der Waals surface area contributed by atoms with Crippen molar-refractivity contribution in [1.29, 1.82) is 0 Å². The van der Waals surface area contributed by atoms with Gasteiger partial charge < -0.3 is 15.3 Å². The van der Waals surface area contributed by atoms with Crippen molar-refractivity contribution in [3.8, 4) is 0 Å². The first-order chi connectivity index (χ1) is 10.2. The van der Waals surface area contributed by atoms with E-state index in [2.05, 4.69) is 12.2 Å². The molecule has 0 heterocycles. The molecule has 4 nitrogen and oxygen atoms in total. The van der Waals surface area contributed by atoms with Crippen LogP contribution in [0.2, 0.25) is 0 Å². The first-order valence-electron chi connectivity index (χ1n) is 8.87. The number of nitrogens with one attached hydrogen (secondary N) is 1. The van der Waals surface area contributed by atoms with E-state index in [4.69, 9.17) is 5.11 Å². The second-order valence-electron chi connectivity index (χ2n) is 7.43. The number of carbonyl (C=O) groups excluding carboxylic acids is 1. The molecule has 0 radical (unpaired) electrons. The summed E-state index contributed by atoms with van der Waals surface area (Å²) >= 11 is 0. The van der Waals surface area contributed by atoms with Gasteiger partial charge in [0.25, 0.3) is 0 Å². The molecule has 2 N–H and O–H groups in total. The third kappa shape index (κ3) is 3.53. The van der Waals surface area contributed by atoms with Crippen molar-refractivity contribution in [2.45, 2.75) is 70.4 Å². The van der Waals surface area contributed by atoms with E-state index in [1.807, 2.05) is 4.90 Å². The number of unbranched alkanes of at least 4 members (excludes halogenated alkanes) is 1. The van der Waals surface area contributed by atoms with Crippen LogP contribution in [0.4, 0.5) is 4.79 Å². The normalized spacial score (nSPS) is 32.2. The van der Waals surface area contributed by atoms with Gasteiger partial charge in [0, 0.05) is 25.2 Å². The summed E-state index contributed by atoms with van der Waals surface area (Å²) in [6, 6.07) is 0.897. The summed E-state index contributed by atoms with van der Waals surface area (Å²) in [6.07, 6.45) is 9.49. The highest BCUT2D eigenvalue weighted by Crippen LogP contribution is 2.49. The molecule has 0 aromatic rings. The predicted octanol–water partition coefficient (Wildman–Crippen LogP) is 2.76. The molecular weight excluding hydrogens is 264 g/mol. The number of amides is 2. The van der Waals surface area contributed by atoms with E-state index in [-0.39, 0.29) is 12.6 Å². The van der Waals surface area contributed by atoms with Crippen LogP contribution in [0.3, 0.4) is 0 Å². The Morgan fingerprint density at radius 2 is 2.05 bits per heavy atom. The lowest BCUT2D eigenvalue weighted by atomic mass is 9.84. The highest BCUT2D eigenvalue weighted by molar-refractivity contribution is 5.75. The Labute approximate surface area is 128 Å². The average molecular weight is 294 g/mol. The van der Waals surface area contributed by atoms with Crippen LogP contribution < -0.4 is 5.32 Å². The van der Waals surface area contributed by atoms with E-state index in [1.165, 1.54) is 25.7 Å². The number of carbonyl (C=O) groups is 1. The zero-order chi connectivity index (χ0) is 14.8. The third-order valence-electron chi connectivity index (χ3n) is 5.84. The minimum atomic E-state index is 0.130. The number of hydrogen-bond donors (Lipinski definition) is 2. The predicted molar refractivity (Wildman–Crippen MR) is 83.0 cm³/mol. The summed E-state index contributed by atoms with van der Waals surface area (Å²) in [6.45, 7) is 3.21. The van der Waals surface area contributed by atoms with Gasteiger partial charge in [0.1, 0.15) is 0 Å². The lowest BCUT2D eigenvalue weighted by molar-refractivity contribution is 0.176. The van der Waals surface area contributed by atoms with E-state index in [1.54, 1.807) is 0 Å². The van der Waals surface area contributed by atoms with Gasteiger partial charge >= 0.3 is 6.03 Å². The molecule has 0 aliphatic heterocycles. The maximum Gasteiger partial charge on any atom is 0.317 e. The van der Waals surface area contributed by atoms with Crippen molar-refractivity contribution in [3.05, 3.63) is 0 Å². The van der Waals surface area contributed by atoms with Gasteiger partial charge in [-0.1, -0.05) is 6.42 Å². The molecule has 0 aromatic heterocycles. The summed E-state index contributed by atoms with van der Waals surface area (Å²) in [4.78, 5) is 14.6. The van der Waals surface area contributed by atoms with Gasteiger partial charge in [-0.15, -0.1) is 0 Å². The van der Waals surface area contributed by atoms with Crippen molar-refractivity contribution in [1.82, 2.24) is 10.2 Å². The Kier molecular flexibility index (Phi) is 4.72. The summed E-state index contributed by atoms with van der Waals surface area (Å²) < 4.78 is 0. The lowest BCUT2D eigenvalue weighted by Gasteiger charge is -2.31. The number of hydrogen-bond acceptors (Lipinski definition) is 2. The van der Waals surface area contributed by atoms with Crippen LogP contribution in [0, 0.1) is 17.8 Å². The van der Waals surface area contributed by atoms with E-state index in [9.17, 15) is 4.79 Å². The summed E-state index contributed by atoms with van der Waals surface area (Å²) in [5.41, 5.74) is 0. The summed E-state index contributed by atoms with van der Waals surface area (Å²) in [5.74, 6) is 2.49. The largest absolute Gasteiger partial charge is 0.396 e. The van der Waals surface area contributed by atoms with Gasteiger partial charge in [0.15, 0.2) is 0 Å². The van der Waals surface area contributed by atoms with Crippen molar-refractivity contribution < 1.29 is 9.90 Å². The Morgan fingerprint density at radius 1 is 1.24 bits per heavy atom. The van der Waals surface area contributed by atoms with Crippen LogP contribution in [0.25, 0.3) is 0 Å².